The van der Waals surface area contributed by atoms with Gasteiger partial charge >= 0.3 is 0 Å². The SMILES string of the molecule is COCC(=O)N1CC(F)(c2ccc(C3=NOC(C)(c4cc(Cl)c(F)c(Cl)c4)C3)cc2)C1. The van der Waals surface area contributed by atoms with E-state index in [0.717, 1.165) is 5.56 Å². The van der Waals surface area contributed by atoms with Gasteiger partial charge in [-0.1, -0.05) is 52.6 Å². The summed E-state index contributed by atoms with van der Waals surface area (Å²) in [5.41, 5.74) is 0.124. The maximum Gasteiger partial charge on any atom is 0.248 e. The lowest BCUT2D eigenvalue weighted by atomic mass is 9.85. The van der Waals surface area contributed by atoms with Gasteiger partial charge in [-0.05, 0) is 30.2 Å². The molecule has 0 aliphatic carbocycles. The van der Waals surface area contributed by atoms with E-state index in [-0.39, 0.29) is 35.6 Å². The smallest absolute Gasteiger partial charge is 0.248 e. The molecule has 2 aromatic rings. The minimum atomic E-state index is -1.58. The van der Waals surface area contributed by atoms with Gasteiger partial charge < -0.3 is 14.5 Å². The van der Waals surface area contributed by atoms with Gasteiger partial charge in [0.1, 0.15) is 6.61 Å². The molecule has 0 spiro atoms. The number of nitrogens with zero attached hydrogens (tertiary/aromatic N) is 2. The summed E-state index contributed by atoms with van der Waals surface area (Å²) in [5.74, 6) is -0.908. The van der Waals surface area contributed by atoms with Crippen molar-refractivity contribution in [1.29, 1.82) is 0 Å². The van der Waals surface area contributed by atoms with Crippen LogP contribution in [0.3, 0.4) is 0 Å². The van der Waals surface area contributed by atoms with Gasteiger partial charge in [0.25, 0.3) is 0 Å². The first-order chi connectivity index (χ1) is 14.6. The van der Waals surface area contributed by atoms with Crippen molar-refractivity contribution in [2.45, 2.75) is 24.6 Å². The topological polar surface area (TPSA) is 51.1 Å². The van der Waals surface area contributed by atoms with Crippen molar-refractivity contribution >= 4 is 34.8 Å². The fourth-order valence-electron chi connectivity index (χ4n) is 3.80. The van der Waals surface area contributed by atoms with Gasteiger partial charge in [-0.2, -0.15) is 0 Å². The molecular formula is C22H20Cl2F2N2O3. The molecule has 5 nitrogen and oxygen atoms in total. The Kier molecular flexibility index (Phi) is 5.70. The third-order valence-corrected chi connectivity index (χ3v) is 6.25. The molecule has 31 heavy (non-hydrogen) atoms. The van der Waals surface area contributed by atoms with Crippen LogP contribution in [0.2, 0.25) is 10.0 Å². The van der Waals surface area contributed by atoms with Gasteiger partial charge in [-0.3, -0.25) is 4.79 Å². The number of carbonyl (C=O) groups is 1. The van der Waals surface area contributed by atoms with Gasteiger partial charge in [0.15, 0.2) is 17.1 Å². The molecule has 0 N–H and O–H groups in total. The first-order valence-corrected chi connectivity index (χ1v) is 10.4. The Morgan fingerprint density at radius 2 is 1.81 bits per heavy atom. The molecule has 4 rings (SSSR count). The highest BCUT2D eigenvalue weighted by Crippen LogP contribution is 2.40. The van der Waals surface area contributed by atoms with E-state index in [9.17, 15) is 9.18 Å². The van der Waals surface area contributed by atoms with Gasteiger partial charge in [-0.15, -0.1) is 0 Å². The number of hydrogen-bond donors (Lipinski definition) is 0. The summed E-state index contributed by atoms with van der Waals surface area (Å²) < 4.78 is 33.7. The lowest BCUT2D eigenvalue weighted by Crippen LogP contribution is -2.59. The molecule has 2 heterocycles. The highest BCUT2D eigenvalue weighted by Gasteiger charge is 2.47. The molecule has 9 heteroatoms. The number of methoxy groups -OCH3 is 1. The fraction of sp³-hybridized carbons (Fsp3) is 0.364. The number of amides is 1. The standard InChI is InChI=1S/C22H20Cl2F2N2O3/c1-21(15-7-16(23)20(25)17(24)8-15)9-18(27-31-21)13-3-5-14(6-4-13)22(26)11-28(12-22)19(29)10-30-2/h3-8H,9-12H2,1-2H3. The lowest BCUT2D eigenvalue weighted by molar-refractivity contribution is -0.150. The second-order valence-corrected chi connectivity index (χ2v) is 8.83. The Balaban J connectivity index is 1.46. The van der Waals surface area contributed by atoms with Gasteiger partial charge in [-0.25, -0.2) is 8.78 Å². The van der Waals surface area contributed by atoms with Crippen molar-refractivity contribution in [2.75, 3.05) is 26.8 Å². The van der Waals surface area contributed by atoms with Crippen molar-refractivity contribution in [1.82, 2.24) is 4.90 Å². The van der Waals surface area contributed by atoms with Gasteiger partial charge in [0, 0.05) is 19.1 Å². The summed E-state index contributed by atoms with van der Waals surface area (Å²) >= 11 is 11.8. The Morgan fingerprint density at radius 1 is 1.19 bits per heavy atom. The molecule has 0 aromatic heterocycles. The third-order valence-electron chi connectivity index (χ3n) is 5.70. The maximum atomic E-state index is 15.1. The molecule has 0 saturated carbocycles. The first-order valence-electron chi connectivity index (χ1n) is 9.62. The molecule has 2 aliphatic heterocycles. The maximum absolute atomic E-state index is 15.1. The predicted octanol–water partition coefficient (Wildman–Crippen LogP) is 4.83. The van der Waals surface area contributed by atoms with Crippen LogP contribution in [0.15, 0.2) is 41.6 Å². The number of hydrogen-bond acceptors (Lipinski definition) is 4. The second kappa shape index (κ2) is 8.04. The van der Waals surface area contributed by atoms with Crippen LogP contribution in [0.1, 0.15) is 30.0 Å². The van der Waals surface area contributed by atoms with Crippen molar-refractivity contribution in [2.24, 2.45) is 5.16 Å². The Bertz CT molecular complexity index is 1030. The minimum Gasteiger partial charge on any atom is -0.384 e. The van der Waals surface area contributed by atoms with Crippen molar-refractivity contribution in [3.8, 4) is 0 Å². The third kappa shape index (κ3) is 4.02. The molecular weight excluding hydrogens is 449 g/mol. The molecule has 164 valence electrons. The number of alkyl halides is 1. The average Bonchev–Trinajstić information content (AvgIpc) is 3.13. The van der Waals surface area contributed by atoms with E-state index >= 15 is 4.39 Å². The summed E-state index contributed by atoms with van der Waals surface area (Å²) in [6.07, 6.45) is 0.407. The van der Waals surface area contributed by atoms with Crippen molar-refractivity contribution in [3.63, 3.8) is 0 Å². The molecule has 1 unspecified atom stereocenters. The number of carbonyl (C=O) groups excluding carboxylic acids is 1. The van der Waals surface area contributed by atoms with Crippen LogP contribution >= 0.6 is 23.2 Å². The largest absolute Gasteiger partial charge is 0.384 e. The highest BCUT2D eigenvalue weighted by atomic mass is 35.5. The average molecular weight is 469 g/mol. The van der Waals surface area contributed by atoms with Gasteiger partial charge in [0.2, 0.25) is 5.91 Å². The number of oxime groups is 1. The van der Waals surface area contributed by atoms with Crippen LogP contribution in [-0.4, -0.2) is 43.3 Å². The fourth-order valence-corrected chi connectivity index (χ4v) is 4.29. The zero-order chi connectivity index (χ0) is 22.4. The van der Waals surface area contributed by atoms with E-state index in [1.165, 1.54) is 24.1 Å². The zero-order valence-electron chi connectivity index (χ0n) is 16.9. The molecule has 0 bridgehead atoms. The van der Waals surface area contributed by atoms with Crippen molar-refractivity contribution in [3.05, 3.63) is 69.0 Å². The van der Waals surface area contributed by atoms with E-state index in [4.69, 9.17) is 32.8 Å². The molecule has 1 amide bonds. The summed E-state index contributed by atoms with van der Waals surface area (Å²) in [7, 11) is 1.43. The number of rotatable bonds is 5. The highest BCUT2D eigenvalue weighted by molar-refractivity contribution is 6.35. The number of halogens is 4. The van der Waals surface area contributed by atoms with Crippen LogP contribution in [0, 0.1) is 5.82 Å². The van der Waals surface area contributed by atoms with E-state index in [0.29, 0.717) is 23.3 Å². The Hall–Kier alpha value is -2.22. The summed E-state index contributed by atoms with van der Waals surface area (Å²) in [6.45, 7) is 1.76. The van der Waals surface area contributed by atoms with Crippen LogP contribution in [0.4, 0.5) is 8.78 Å². The zero-order valence-corrected chi connectivity index (χ0v) is 18.4. The lowest BCUT2D eigenvalue weighted by Gasteiger charge is -2.44. The van der Waals surface area contributed by atoms with Crippen LogP contribution in [0.25, 0.3) is 0 Å². The quantitative estimate of drug-likeness (QED) is 0.590. The molecule has 1 fully saturated rings. The second-order valence-electron chi connectivity index (χ2n) is 8.02. The summed E-state index contributed by atoms with van der Waals surface area (Å²) in [4.78, 5) is 18.9. The number of ether oxygens (including phenoxy) is 1. The Morgan fingerprint density at radius 3 is 2.39 bits per heavy atom. The molecule has 2 aliphatic rings. The molecule has 2 aromatic carbocycles. The van der Waals surface area contributed by atoms with E-state index in [1.54, 1.807) is 24.3 Å². The monoisotopic (exact) mass is 468 g/mol. The number of benzene rings is 2. The van der Waals surface area contributed by atoms with E-state index < -0.39 is 17.1 Å². The summed E-state index contributed by atoms with van der Waals surface area (Å²) in [5, 5.41) is 4.00. The van der Waals surface area contributed by atoms with E-state index in [2.05, 4.69) is 5.16 Å². The summed E-state index contributed by atoms with van der Waals surface area (Å²) in [6, 6.07) is 9.88. The molecule has 1 saturated heterocycles. The number of likely N-dealkylation sites (tertiary alicyclic amines) is 1. The van der Waals surface area contributed by atoms with Crippen LogP contribution in [-0.2, 0) is 25.6 Å². The van der Waals surface area contributed by atoms with E-state index in [1.807, 2.05) is 6.92 Å². The minimum absolute atomic E-state index is 0.00273. The molecule has 1 atom stereocenters. The Labute approximate surface area is 188 Å². The molecule has 0 radical (unpaired) electrons. The predicted molar refractivity (Wildman–Crippen MR) is 114 cm³/mol. The van der Waals surface area contributed by atoms with Crippen molar-refractivity contribution < 1.29 is 23.1 Å². The van der Waals surface area contributed by atoms with Crippen LogP contribution < -0.4 is 0 Å². The normalized spacial score (nSPS) is 22.0. The first kappa shape index (κ1) is 22.0. The van der Waals surface area contributed by atoms with Gasteiger partial charge in [0.05, 0.1) is 28.8 Å². The van der Waals surface area contributed by atoms with Crippen LogP contribution in [0.5, 0.6) is 0 Å².